The second-order valence-electron chi connectivity index (χ2n) is 5.77. The van der Waals surface area contributed by atoms with Crippen LogP contribution < -0.4 is 5.32 Å². The van der Waals surface area contributed by atoms with Gasteiger partial charge in [0.15, 0.2) is 0 Å². The fourth-order valence-electron chi connectivity index (χ4n) is 2.71. The minimum atomic E-state index is -0.374. The van der Waals surface area contributed by atoms with Crippen LogP contribution in [0.1, 0.15) is 12.0 Å². The average Bonchev–Trinajstić information content (AvgIpc) is 2.93. The molecule has 124 valence electrons. The zero-order valence-electron chi connectivity index (χ0n) is 12.8. The Morgan fingerprint density at radius 2 is 1.83 bits per heavy atom. The van der Waals surface area contributed by atoms with Gasteiger partial charge in [0.2, 0.25) is 11.8 Å². The maximum atomic E-state index is 12.4. The largest absolute Gasteiger partial charge is 0.338 e. The number of carbonyl (C=O) groups is 2. The molecule has 0 aliphatic carbocycles. The predicted octanol–water partition coefficient (Wildman–Crippen LogP) is 3.98. The van der Waals surface area contributed by atoms with Crippen molar-refractivity contribution in [2.75, 3.05) is 11.9 Å². The van der Waals surface area contributed by atoms with Gasteiger partial charge in [0.05, 0.1) is 16.6 Å². The fraction of sp³-hybridized carbons (Fsp3) is 0.222. The van der Waals surface area contributed by atoms with Crippen LogP contribution in [0, 0.1) is 5.92 Å². The molecule has 0 saturated carbocycles. The third-order valence-electron chi connectivity index (χ3n) is 4.00. The standard InChI is InChI=1S/C18H16Cl2N2O2/c19-14-7-5-12(6-8-14)10-22-11-13(9-17(22)23)18(24)21-16-4-2-1-3-15(16)20/h1-8,13H,9-11H2,(H,21,24). The summed E-state index contributed by atoms with van der Waals surface area (Å²) in [5.41, 5.74) is 1.55. The molecule has 1 aliphatic rings. The van der Waals surface area contributed by atoms with E-state index in [9.17, 15) is 9.59 Å². The van der Waals surface area contributed by atoms with E-state index in [4.69, 9.17) is 23.2 Å². The Balaban J connectivity index is 1.62. The quantitative estimate of drug-likeness (QED) is 0.893. The number of hydrogen-bond acceptors (Lipinski definition) is 2. The molecular formula is C18H16Cl2N2O2. The van der Waals surface area contributed by atoms with E-state index in [0.717, 1.165) is 5.56 Å². The SMILES string of the molecule is O=C(Nc1ccccc1Cl)C1CC(=O)N(Cc2ccc(Cl)cc2)C1. The summed E-state index contributed by atoms with van der Waals surface area (Å²) in [6.07, 6.45) is 0.212. The lowest BCUT2D eigenvalue weighted by atomic mass is 10.1. The van der Waals surface area contributed by atoms with Gasteiger partial charge in [-0.3, -0.25) is 9.59 Å². The summed E-state index contributed by atoms with van der Waals surface area (Å²) < 4.78 is 0. The fourth-order valence-corrected chi connectivity index (χ4v) is 3.02. The number of halogens is 2. The third-order valence-corrected chi connectivity index (χ3v) is 4.59. The molecule has 2 amide bonds. The number of para-hydroxylation sites is 1. The highest BCUT2D eigenvalue weighted by atomic mass is 35.5. The summed E-state index contributed by atoms with van der Waals surface area (Å²) in [4.78, 5) is 26.3. The van der Waals surface area contributed by atoms with E-state index in [1.54, 1.807) is 41.3 Å². The van der Waals surface area contributed by atoms with Crippen LogP contribution >= 0.6 is 23.2 Å². The first kappa shape index (κ1) is 16.8. The van der Waals surface area contributed by atoms with E-state index in [-0.39, 0.29) is 24.2 Å². The van der Waals surface area contributed by atoms with E-state index < -0.39 is 0 Å². The zero-order chi connectivity index (χ0) is 17.1. The highest BCUT2D eigenvalue weighted by Crippen LogP contribution is 2.25. The van der Waals surface area contributed by atoms with Crippen LogP contribution in [0.25, 0.3) is 0 Å². The van der Waals surface area contributed by atoms with Gasteiger partial charge >= 0.3 is 0 Å². The lowest BCUT2D eigenvalue weighted by Gasteiger charge is -2.17. The second kappa shape index (κ2) is 7.24. The zero-order valence-corrected chi connectivity index (χ0v) is 14.3. The van der Waals surface area contributed by atoms with Gasteiger partial charge in [0.25, 0.3) is 0 Å². The Morgan fingerprint density at radius 3 is 2.54 bits per heavy atom. The van der Waals surface area contributed by atoms with Crippen LogP contribution in [-0.4, -0.2) is 23.3 Å². The summed E-state index contributed by atoms with van der Waals surface area (Å²) >= 11 is 11.9. The molecule has 1 heterocycles. The lowest BCUT2D eigenvalue weighted by molar-refractivity contribution is -0.128. The highest BCUT2D eigenvalue weighted by molar-refractivity contribution is 6.33. The molecule has 1 unspecified atom stereocenters. The maximum absolute atomic E-state index is 12.4. The van der Waals surface area contributed by atoms with Crippen molar-refractivity contribution in [3.05, 3.63) is 64.1 Å². The number of nitrogens with one attached hydrogen (secondary N) is 1. The molecule has 1 saturated heterocycles. The Labute approximate surface area is 150 Å². The van der Waals surface area contributed by atoms with Crippen LogP contribution in [0.5, 0.6) is 0 Å². The smallest absolute Gasteiger partial charge is 0.229 e. The Kier molecular flexibility index (Phi) is 5.07. The van der Waals surface area contributed by atoms with Crippen LogP contribution in [-0.2, 0) is 16.1 Å². The lowest BCUT2D eigenvalue weighted by Crippen LogP contribution is -2.28. The minimum Gasteiger partial charge on any atom is -0.338 e. The first-order valence-corrected chi connectivity index (χ1v) is 8.36. The Hall–Kier alpha value is -2.04. The summed E-state index contributed by atoms with van der Waals surface area (Å²) in [6, 6.07) is 14.4. The average molecular weight is 363 g/mol. The number of rotatable bonds is 4. The number of amides is 2. The predicted molar refractivity (Wildman–Crippen MR) is 95.1 cm³/mol. The van der Waals surface area contributed by atoms with Crippen molar-refractivity contribution in [3.63, 3.8) is 0 Å². The molecule has 0 aromatic heterocycles. The van der Waals surface area contributed by atoms with E-state index in [1.165, 1.54) is 0 Å². The van der Waals surface area contributed by atoms with Crippen molar-refractivity contribution in [2.24, 2.45) is 5.92 Å². The number of carbonyl (C=O) groups excluding carboxylic acids is 2. The van der Waals surface area contributed by atoms with Gasteiger partial charge in [-0.05, 0) is 29.8 Å². The number of anilines is 1. The topological polar surface area (TPSA) is 49.4 Å². The Morgan fingerprint density at radius 1 is 1.12 bits per heavy atom. The molecule has 24 heavy (non-hydrogen) atoms. The molecule has 6 heteroatoms. The van der Waals surface area contributed by atoms with Gasteiger partial charge in [0, 0.05) is 24.5 Å². The van der Waals surface area contributed by atoms with Crippen molar-refractivity contribution >= 4 is 40.7 Å². The molecule has 2 aromatic rings. The van der Waals surface area contributed by atoms with Gasteiger partial charge in [-0.25, -0.2) is 0 Å². The van der Waals surface area contributed by atoms with Crippen molar-refractivity contribution < 1.29 is 9.59 Å². The number of benzene rings is 2. The van der Waals surface area contributed by atoms with Crippen LogP contribution in [0.4, 0.5) is 5.69 Å². The number of likely N-dealkylation sites (tertiary alicyclic amines) is 1. The molecular weight excluding hydrogens is 347 g/mol. The van der Waals surface area contributed by atoms with E-state index >= 15 is 0 Å². The summed E-state index contributed by atoms with van der Waals surface area (Å²) in [5, 5.41) is 3.93. The van der Waals surface area contributed by atoms with Gasteiger partial charge in [-0.1, -0.05) is 47.5 Å². The highest BCUT2D eigenvalue weighted by Gasteiger charge is 2.34. The number of nitrogens with zero attached hydrogens (tertiary/aromatic N) is 1. The van der Waals surface area contributed by atoms with Crippen molar-refractivity contribution in [2.45, 2.75) is 13.0 Å². The third kappa shape index (κ3) is 3.89. The Bertz CT molecular complexity index is 762. The first-order valence-electron chi connectivity index (χ1n) is 7.60. The first-order chi connectivity index (χ1) is 11.5. The summed E-state index contributed by atoms with van der Waals surface area (Å²) in [7, 11) is 0. The van der Waals surface area contributed by atoms with Crippen LogP contribution in [0.15, 0.2) is 48.5 Å². The molecule has 0 radical (unpaired) electrons. The minimum absolute atomic E-state index is 0.0238. The van der Waals surface area contributed by atoms with Gasteiger partial charge in [-0.15, -0.1) is 0 Å². The molecule has 1 atom stereocenters. The van der Waals surface area contributed by atoms with Crippen molar-refractivity contribution in [1.82, 2.24) is 4.90 Å². The van der Waals surface area contributed by atoms with Crippen LogP contribution in [0.2, 0.25) is 10.0 Å². The molecule has 2 aromatic carbocycles. The molecule has 0 bridgehead atoms. The normalized spacial score (nSPS) is 17.2. The van der Waals surface area contributed by atoms with E-state index in [1.807, 2.05) is 12.1 Å². The molecule has 3 rings (SSSR count). The number of hydrogen-bond donors (Lipinski definition) is 1. The van der Waals surface area contributed by atoms with Crippen molar-refractivity contribution in [1.29, 1.82) is 0 Å². The maximum Gasteiger partial charge on any atom is 0.229 e. The van der Waals surface area contributed by atoms with E-state index in [0.29, 0.717) is 28.8 Å². The summed E-state index contributed by atoms with van der Waals surface area (Å²) in [6.45, 7) is 0.879. The van der Waals surface area contributed by atoms with E-state index in [2.05, 4.69) is 5.32 Å². The summed E-state index contributed by atoms with van der Waals surface area (Å²) in [5.74, 6) is -0.583. The van der Waals surface area contributed by atoms with Gasteiger partial charge in [-0.2, -0.15) is 0 Å². The van der Waals surface area contributed by atoms with Gasteiger partial charge < -0.3 is 10.2 Å². The second-order valence-corrected chi connectivity index (χ2v) is 6.61. The molecule has 1 N–H and O–H groups in total. The van der Waals surface area contributed by atoms with Crippen LogP contribution in [0.3, 0.4) is 0 Å². The molecule has 1 aliphatic heterocycles. The monoisotopic (exact) mass is 362 g/mol. The molecule has 0 spiro atoms. The molecule has 1 fully saturated rings. The van der Waals surface area contributed by atoms with Gasteiger partial charge in [0.1, 0.15) is 0 Å². The molecule has 4 nitrogen and oxygen atoms in total. The van der Waals surface area contributed by atoms with Crippen molar-refractivity contribution in [3.8, 4) is 0 Å².